The van der Waals surface area contributed by atoms with Crippen LogP contribution in [0.4, 0.5) is 30.7 Å². The van der Waals surface area contributed by atoms with Gasteiger partial charge in [-0.2, -0.15) is 8.78 Å². The van der Waals surface area contributed by atoms with E-state index in [0.717, 1.165) is 30.3 Å². The number of ether oxygens (including phenoxy) is 2. The lowest BCUT2D eigenvalue weighted by Gasteiger charge is -2.12. The van der Waals surface area contributed by atoms with E-state index >= 15 is 0 Å². The Kier molecular flexibility index (Phi) is 5.88. The molecule has 2 nitrogen and oxygen atoms in total. The van der Waals surface area contributed by atoms with Crippen LogP contribution >= 0.6 is 0 Å². The lowest BCUT2D eigenvalue weighted by molar-refractivity contribution is -0.0544. The first-order chi connectivity index (χ1) is 15.7. The molecule has 170 valence electrons. The zero-order valence-corrected chi connectivity index (χ0v) is 16.7. The van der Waals surface area contributed by atoms with Crippen molar-refractivity contribution >= 4 is 10.8 Å². The first-order valence-corrected chi connectivity index (χ1v) is 9.39. The minimum atomic E-state index is -3.42. The third kappa shape index (κ3) is 4.18. The van der Waals surface area contributed by atoms with Crippen molar-refractivity contribution in [2.45, 2.75) is 6.61 Å². The summed E-state index contributed by atoms with van der Waals surface area (Å²) in [6, 6.07) is 9.89. The predicted molar refractivity (Wildman–Crippen MR) is 108 cm³/mol. The third-order valence-corrected chi connectivity index (χ3v) is 5.01. The smallest absolute Gasteiger partial charge is 0.387 e. The zero-order valence-electron chi connectivity index (χ0n) is 16.7. The van der Waals surface area contributed by atoms with Gasteiger partial charge in [-0.15, -0.1) is 0 Å². The second-order valence-electron chi connectivity index (χ2n) is 6.98. The van der Waals surface area contributed by atoms with Gasteiger partial charge in [-0.05, 0) is 34.7 Å². The van der Waals surface area contributed by atoms with Crippen molar-refractivity contribution in [1.82, 2.24) is 0 Å². The SMILES string of the molecule is COc1cc(F)c(-c2ccc(-c3ccc4c(F)c(OC(F)F)c(F)cc4c3)c(F)c2)c(F)c1. The van der Waals surface area contributed by atoms with Crippen LogP contribution in [-0.2, 0) is 0 Å². The molecule has 0 spiro atoms. The number of fused-ring (bicyclic) bond motifs is 1. The first-order valence-electron chi connectivity index (χ1n) is 9.39. The van der Waals surface area contributed by atoms with E-state index in [1.807, 2.05) is 0 Å². The molecule has 0 aliphatic rings. The summed E-state index contributed by atoms with van der Waals surface area (Å²) >= 11 is 0. The molecule has 9 heteroatoms. The van der Waals surface area contributed by atoms with E-state index in [2.05, 4.69) is 4.74 Å². The summed E-state index contributed by atoms with van der Waals surface area (Å²) < 4.78 is 106. The molecular weight excluding hydrogens is 453 g/mol. The van der Waals surface area contributed by atoms with Crippen LogP contribution in [0.25, 0.3) is 33.0 Å². The van der Waals surface area contributed by atoms with Crippen molar-refractivity contribution in [2.24, 2.45) is 0 Å². The van der Waals surface area contributed by atoms with Gasteiger partial charge in [-0.3, -0.25) is 0 Å². The second-order valence-corrected chi connectivity index (χ2v) is 6.98. The highest BCUT2D eigenvalue weighted by Crippen LogP contribution is 2.36. The molecule has 0 aliphatic heterocycles. The summed E-state index contributed by atoms with van der Waals surface area (Å²) in [6.45, 7) is -3.42. The molecule has 4 rings (SSSR count). The maximum Gasteiger partial charge on any atom is 0.387 e. The number of benzene rings is 4. The van der Waals surface area contributed by atoms with Crippen LogP contribution < -0.4 is 9.47 Å². The van der Waals surface area contributed by atoms with E-state index in [1.165, 1.54) is 31.4 Å². The highest BCUT2D eigenvalue weighted by molar-refractivity contribution is 5.89. The summed E-state index contributed by atoms with van der Waals surface area (Å²) in [6.07, 6.45) is 0. The summed E-state index contributed by atoms with van der Waals surface area (Å²) in [5, 5.41) is -0.241. The number of alkyl halides is 2. The molecule has 0 saturated carbocycles. The molecule has 33 heavy (non-hydrogen) atoms. The lowest BCUT2D eigenvalue weighted by Crippen LogP contribution is -2.06. The second kappa shape index (κ2) is 8.65. The molecule has 0 atom stereocenters. The van der Waals surface area contributed by atoms with Crippen molar-refractivity contribution < 1.29 is 40.2 Å². The largest absolute Gasteiger partial charge is 0.497 e. The van der Waals surface area contributed by atoms with Gasteiger partial charge < -0.3 is 9.47 Å². The minimum Gasteiger partial charge on any atom is -0.497 e. The van der Waals surface area contributed by atoms with Crippen LogP contribution in [0.3, 0.4) is 0 Å². The zero-order chi connectivity index (χ0) is 23.9. The molecule has 0 fully saturated rings. The fourth-order valence-electron chi connectivity index (χ4n) is 3.52. The molecule has 0 N–H and O–H groups in total. The van der Waals surface area contributed by atoms with E-state index in [-0.39, 0.29) is 33.2 Å². The number of rotatable bonds is 5. The Morgan fingerprint density at radius 2 is 1.36 bits per heavy atom. The number of halogens is 7. The predicted octanol–water partition coefficient (Wildman–Crippen LogP) is 7.48. The van der Waals surface area contributed by atoms with Crippen molar-refractivity contribution in [2.75, 3.05) is 7.11 Å². The topological polar surface area (TPSA) is 18.5 Å². The van der Waals surface area contributed by atoms with Crippen LogP contribution in [0.5, 0.6) is 11.5 Å². The standard InChI is InChI=1S/C24H13F7O2/c1-32-14-9-18(26)21(19(27)10-14)12-3-4-15(17(25)7-12)11-2-5-16-13(6-11)8-20(28)23(22(16)29)33-24(30)31/h2-10,24H,1H3. The minimum absolute atomic E-state index is 0.0105. The van der Waals surface area contributed by atoms with Gasteiger partial charge in [-0.25, -0.2) is 22.0 Å². The molecule has 0 amide bonds. The molecule has 0 heterocycles. The molecule has 0 radical (unpaired) electrons. The fourth-order valence-corrected chi connectivity index (χ4v) is 3.52. The Hall–Kier alpha value is -3.75. The van der Waals surface area contributed by atoms with Gasteiger partial charge in [-0.1, -0.05) is 24.3 Å². The highest BCUT2D eigenvalue weighted by atomic mass is 19.3. The van der Waals surface area contributed by atoms with Crippen LogP contribution in [-0.4, -0.2) is 13.7 Å². The molecule has 4 aromatic rings. The molecule has 0 saturated heterocycles. The highest BCUT2D eigenvalue weighted by Gasteiger charge is 2.20. The van der Waals surface area contributed by atoms with Crippen LogP contribution in [0.15, 0.2) is 54.6 Å². The Bertz CT molecular complexity index is 1350. The van der Waals surface area contributed by atoms with Gasteiger partial charge in [0.25, 0.3) is 0 Å². The summed E-state index contributed by atoms with van der Waals surface area (Å²) in [5.41, 5.74) is -0.330. The number of methoxy groups -OCH3 is 1. The number of hydrogen-bond donors (Lipinski definition) is 0. The first kappa shape index (κ1) is 22.4. The Balaban J connectivity index is 1.77. The van der Waals surface area contributed by atoms with Crippen LogP contribution in [0.1, 0.15) is 0 Å². The van der Waals surface area contributed by atoms with E-state index in [0.29, 0.717) is 0 Å². The Morgan fingerprint density at radius 1 is 0.697 bits per heavy atom. The van der Waals surface area contributed by atoms with Gasteiger partial charge in [0, 0.05) is 23.1 Å². The van der Waals surface area contributed by atoms with Gasteiger partial charge >= 0.3 is 6.61 Å². The molecule has 0 bridgehead atoms. The average molecular weight is 466 g/mol. The van der Waals surface area contributed by atoms with Crippen LogP contribution in [0.2, 0.25) is 0 Å². The lowest BCUT2D eigenvalue weighted by atomic mass is 9.97. The quantitative estimate of drug-likeness (QED) is 0.284. The van der Waals surface area contributed by atoms with Crippen molar-refractivity contribution in [3.8, 4) is 33.8 Å². The summed E-state index contributed by atoms with van der Waals surface area (Å²) in [7, 11) is 1.25. The van der Waals surface area contributed by atoms with Crippen molar-refractivity contribution in [3.05, 3.63) is 83.7 Å². The van der Waals surface area contributed by atoms with Gasteiger partial charge in [0.2, 0.25) is 0 Å². The summed E-state index contributed by atoms with van der Waals surface area (Å²) in [5.74, 6) is -6.67. The van der Waals surface area contributed by atoms with Gasteiger partial charge in [0.15, 0.2) is 17.4 Å². The maximum atomic E-state index is 14.9. The van der Waals surface area contributed by atoms with Crippen molar-refractivity contribution in [1.29, 1.82) is 0 Å². The molecule has 4 aromatic carbocycles. The van der Waals surface area contributed by atoms with E-state index in [9.17, 15) is 30.7 Å². The van der Waals surface area contributed by atoms with E-state index in [1.54, 1.807) is 0 Å². The Labute approximate surface area is 182 Å². The van der Waals surface area contributed by atoms with E-state index < -0.39 is 47.0 Å². The Morgan fingerprint density at radius 3 is 1.97 bits per heavy atom. The average Bonchev–Trinajstić information content (AvgIpc) is 2.75. The number of hydrogen-bond acceptors (Lipinski definition) is 2. The normalized spacial score (nSPS) is 11.3. The maximum absolute atomic E-state index is 14.9. The molecular formula is C24H13F7O2. The van der Waals surface area contributed by atoms with Gasteiger partial charge in [0.05, 0.1) is 12.7 Å². The summed E-state index contributed by atoms with van der Waals surface area (Å²) in [4.78, 5) is 0. The molecule has 0 aliphatic carbocycles. The third-order valence-electron chi connectivity index (χ3n) is 5.01. The van der Waals surface area contributed by atoms with E-state index in [4.69, 9.17) is 4.74 Å². The molecule has 0 unspecified atom stereocenters. The van der Waals surface area contributed by atoms with Crippen molar-refractivity contribution in [3.63, 3.8) is 0 Å². The fraction of sp³-hybridized carbons (Fsp3) is 0.0833. The van der Waals surface area contributed by atoms with Gasteiger partial charge in [0.1, 0.15) is 23.2 Å². The monoisotopic (exact) mass is 466 g/mol. The molecule has 0 aromatic heterocycles. The van der Waals surface area contributed by atoms with Crippen LogP contribution in [0, 0.1) is 29.1 Å².